The van der Waals surface area contributed by atoms with E-state index in [1.165, 1.54) is 5.37 Å². The van der Waals surface area contributed by atoms with Crippen LogP contribution in [0.1, 0.15) is 19.3 Å². The van der Waals surface area contributed by atoms with Gasteiger partial charge in [0.15, 0.2) is 0 Å². The van der Waals surface area contributed by atoms with Crippen molar-refractivity contribution in [3.05, 3.63) is 0 Å². The highest BCUT2D eigenvalue weighted by Crippen LogP contribution is 2.11. The molecule has 0 aliphatic carbocycles. The molecule has 1 heterocycles. The van der Waals surface area contributed by atoms with E-state index in [1.54, 1.807) is 4.90 Å². The average molecular weight is 214 g/mol. The molecule has 1 fully saturated rings. The van der Waals surface area contributed by atoms with Crippen molar-refractivity contribution in [2.24, 2.45) is 11.7 Å². The maximum atomic E-state index is 11.6. The van der Waals surface area contributed by atoms with E-state index >= 15 is 0 Å². The zero-order valence-corrected chi connectivity index (χ0v) is 8.76. The number of primary amides is 1. The summed E-state index contributed by atoms with van der Waals surface area (Å²) in [6.07, 6.45) is 2.22. The Morgan fingerprint density at radius 1 is 1.43 bits per heavy atom. The van der Waals surface area contributed by atoms with E-state index in [1.807, 2.05) is 0 Å². The average Bonchev–Trinajstić information content (AvgIpc) is 2.65. The number of carbonyl (C=O) groups is 2. The molecule has 0 bridgehead atoms. The lowest BCUT2D eigenvalue weighted by Crippen LogP contribution is -2.33. The van der Waals surface area contributed by atoms with E-state index in [0.29, 0.717) is 0 Å². The highest BCUT2D eigenvalue weighted by molar-refractivity contribution is 7.79. The molecule has 1 saturated heterocycles. The highest BCUT2D eigenvalue weighted by Gasteiger charge is 2.23. The third-order valence-corrected chi connectivity index (χ3v) is 2.71. The molecule has 2 amide bonds. The Hall–Kier alpha value is -0.970. The van der Waals surface area contributed by atoms with Crippen LogP contribution >= 0.6 is 12.2 Å². The monoisotopic (exact) mass is 214 g/mol. The van der Waals surface area contributed by atoms with E-state index in [9.17, 15) is 9.59 Å². The van der Waals surface area contributed by atoms with Gasteiger partial charge < -0.3 is 10.6 Å². The van der Waals surface area contributed by atoms with Gasteiger partial charge in [-0.05, 0) is 18.2 Å². The molecule has 0 spiro atoms. The minimum Gasteiger partial charge on any atom is -0.369 e. The Kier molecular flexibility index (Phi) is 4.00. The lowest BCUT2D eigenvalue weighted by atomic mass is 10.1. The van der Waals surface area contributed by atoms with Gasteiger partial charge >= 0.3 is 0 Å². The van der Waals surface area contributed by atoms with Gasteiger partial charge in [0.05, 0.1) is 5.92 Å². The molecule has 0 radical (unpaired) electrons. The quantitative estimate of drug-likeness (QED) is 0.675. The molecule has 0 saturated carbocycles. The summed E-state index contributed by atoms with van der Waals surface area (Å²) in [4.78, 5) is 24.2. The van der Waals surface area contributed by atoms with Crippen molar-refractivity contribution in [2.45, 2.75) is 19.3 Å². The third kappa shape index (κ3) is 2.77. The molecule has 2 N–H and O–H groups in total. The molecular weight excluding hydrogens is 200 g/mol. The second-order valence-corrected chi connectivity index (χ2v) is 3.71. The Morgan fingerprint density at radius 3 is 2.43 bits per heavy atom. The van der Waals surface area contributed by atoms with Crippen LogP contribution in [0.5, 0.6) is 0 Å². The Balaban J connectivity index is 2.45. The van der Waals surface area contributed by atoms with Crippen molar-refractivity contribution in [2.75, 3.05) is 13.1 Å². The second kappa shape index (κ2) is 5.05. The fraction of sp³-hybridized carbons (Fsp3) is 0.667. The van der Waals surface area contributed by atoms with Gasteiger partial charge in [0.25, 0.3) is 0 Å². The number of carbonyl (C=O) groups excluding carboxylic acids is 2. The third-order valence-electron chi connectivity index (χ3n) is 2.38. The van der Waals surface area contributed by atoms with Crippen molar-refractivity contribution in [3.63, 3.8) is 0 Å². The lowest BCUT2D eigenvalue weighted by Gasteiger charge is -2.16. The van der Waals surface area contributed by atoms with Crippen LogP contribution in [0.3, 0.4) is 0 Å². The number of amides is 2. The van der Waals surface area contributed by atoms with Crippen LogP contribution in [0.2, 0.25) is 0 Å². The summed E-state index contributed by atoms with van der Waals surface area (Å²) in [5.41, 5.74) is 5.09. The minimum absolute atomic E-state index is 0.0209. The summed E-state index contributed by atoms with van der Waals surface area (Å²) in [5.74, 6) is -1.14. The first-order chi connectivity index (χ1) is 6.65. The molecule has 1 atom stereocenters. The van der Waals surface area contributed by atoms with Gasteiger partial charge in [-0.3, -0.25) is 9.59 Å². The molecule has 1 aliphatic rings. The van der Waals surface area contributed by atoms with Crippen LogP contribution in [0.4, 0.5) is 0 Å². The number of thiocarbonyl (C=S) groups is 1. The predicted octanol–water partition coefficient (Wildman–Crippen LogP) is 0.100. The molecule has 0 aromatic carbocycles. The fourth-order valence-electron chi connectivity index (χ4n) is 1.50. The summed E-state index contributed by atoms with van der Waals surface area (Å²) in [6.45, 7) is 1.59. The first kappa shape index (κ1) is 11.1. The Bertz CT molecular complexity index is 249. The van der Waals surface area contributed by atoms with Gasteiger partial charge in [-0.2, -0.15) is 0 Å². The van der Waals surface area contributed by atoms with Crippen molar-refractivity contribution in [1.29, 1.82) is 0 Å². The van der Waals surface area contributed by atoms with Gasteiger partial charge in [0.2, 0.25) is 11.8 Å². The largest absolute Gasteiger partial charge is 0.369 e. The van der Waals surface area contributed by atoms with Crippen molar-refractivity contribution in [3.8, 4) is 0 Å². The number of hydrogen-bond donors (Lipinski definition) is 1. The smallest absolute Gasteiger partial charge is 0.225 e. The SMILES string of the molecule is NC(=O)[C@@H](C=S)CC(=O)N1CCCC1. The predicted molar refractivity (Wildman–Crippen MR) is 56.8 cm³/mol. The second-order valence-electron chi connectivity index (χ2n) is 3.44. The van der Waals surface area contributed by atoms with Crippen molar-refractivity contribution < 1.29 is 9.59 Å². The normalized spacial score (nSPS) is 17.9. The summed E-state index contributed by atoms with van der Waals surface area (Å²) in [6, 6.07) is 0. The topological polar surface area (TPSA) is 63.4 Å². The summed E-state index contributed by atoms with van der Waals surface area (Å²) in [7, 11) is 0. The van der Waals surface area contributed by atoms with E-state index in [2.05, 4.69) is 12.2 Å². The fourth-order valence-corrected chi connectivity index (χ4v) is 1.73. The van der Waals surface area contributed by atoms with Crippen LogP contribution < -0.4 is 5.73 Å². The lowest BCUT2D eigenvalue weighted by molar-refractivity contribution is -0.133. The molecule has 1 rings (SSSR count). The summed E-state index contributed by atoms with van der Waals surface area (Å²) >= 11 is 4.65. The van der Waals surface area contributed by atoms with Gasteiger partial charge in [-0.1, -0.05) is 12.2 Å². The van der Waals surface area contributed by atoms with E-state index < -0.39 is 11.8 Å². The van der Waals surface area contributed by atoms with E-state index in [-0.39, 0.29) is 12.3 Å². The zero-order valence-electron chi connectivity index (χ0n) is 7.94. The van der Waals surface area contributed by atoms with Gasteiger partial charge in [-0.25, -0.2) is 0 Å². The molecule has 4 nitrogen and oxygen atoms in total. The first-order valence-corrected chi connectivity index (χ1v) is 5.14. The Morgan fingerprint density at radius 2 is 2.00 bits per heavy atom. The van der Waals surface area contributed by atoms with Crippen molar-refractivity contribution >= 4 is 29.4 Å². The van der Waals surface area contributed by atoms with Crippen LogP contribution in [0.25, 0.3) is 0 Å². The first-order valence-electron chi connectivity index (χ1n) is 4.67. The number of rotatable bonds is 4. The maximum Gasteiger partial charge on any atom is 0.225 e. The van der Waals surface area contributed by atoms with E-state index in [0.717, 1.165) is 25.9 Å². The van der Waals surface area contributed by atoms with Crippen LogP contribution in [-0.4, -0.2) is 35.2 Å². The number of nitrogens with two attached hydrogens (primary N) is 1. The van der Waals surface area contributed by atoms with Crippen LogP contribution in [0, 0.1) is 5.92 Å². The molecular formula is C9H14N2O2S. The molecule has 0 aromatic heterocycles. The van der Waals surface area contributed by atoms with Gasteiger partial charge in [-0.15, -0.1) is 0 Å². The maximum absolute atomic E-state index is 11.6. The number of nitrogens with zero attached hydrogens (tertiary/aromatic N) is 1. The van der Waals surface area contributed by atoms with Crippen molar-refractivity contribution in [1.82, 2.24) is 4.90 Å². The highest BCUT2D eigenvalue weighted by atomic mass is 32.1. The summed E-state index contributed by atoms with van der Waals surface area (Å²) in [5, 5.41) is 1.27. The zero-order chi connectivity index (χ0) is 10.6. The molecule has 78 valence electrons. The van der Waals surface area contributed by atoms with E-state index in [4.69, 9.17) is 5.73 Å². The molecule has 0 unspecified atom stereocenters. The molecule has 5 heteroatoms. The van der Waals surface area contributed by atoms with Crippen LogP contribution in [0.15, 0.2) is 0 Å². The standard InChI is InChI=1S/C9H14N2O2S/c10-9(13)7(6-14)5-8(12)11-3-1-2-4-11/h6-7H,1-5H2,(H2,10,13)/t7-/m1/s1. The number of likely N-dealkylation sites (tertiary alicyclic amines) is 1. The molecule has 1 aliphatic heterocycles. The van der Waals surface area contributed by atoms with Gasteiger partial charge in [0.1, 0.15) is 0 Å². The van der Waals surface area contributed by atoms with Gasteiger partial charge in [0, 0.05) is 19.5 Å². The minimum atomic E-state index is -0.599. The van der Waals surface area contributed by atoms with Crippen LogP contribution in [-0.2, 0) is 9.59 Å². The summed E-state index contributed by atoms with van der Waals surface area (Å²) < 4.78 is 0. The molecule has 14 heavy (non-hydrogen) atoms. The molecule has 0 aromatic rings. The Labute approximate surface area is 88.4 Å². The number of hydrogen-bond acceptors (Lipinski definition) is 3.